The van der Waals surface area contributed by atoms with Gasteiger partial charge in [0.05, 0.1) is 0 Å². The molecule has 2 nitrogen and oxygen atoms in total. The molecule has 0 radical (unpaired) electrons. The van der Waals surface area contributed by atoms with Crippen LogP contribution in [0.2, 0.25) is 0 Å². The van der Waals surface area contributed by atoms with Gasteiger partial charge in [-0.25, -0.2) is 0 Å². The first-order valence-electron chi connectivity index (χ1n) is 16.2. The highest BCUT2D eigenvalue weighted by atomic mass is 16.3. The standard InChI is InChI=1S/C42H40O2/c1-3-5-11-29-17-21-35(22-18-29)41(43)37-25-31-13-7-9-15-33(31)27-39(37)42(44,36-23-19-30(20-24-36)12-6-4-2)40-28-34-16-10-8-14-32(34)26-38(40)41/h7-10,13-28,43-44H,3-6,11-12H2,1-2H3. The molecule has 1 aliphatic carbocycles. The summed E-state index contributed by atoms with van der Waals surface area (Å²) >= 11 is 0. The number of hydrogen-bond acceptors (Lipinski definition) is 2. The molecule has 0 amide bonds. The summed E-state index contributed by atoms with van der Waals surface area (Å²) in [6.45, 7) is 4.42. The van der Waals surface area contributed by atoms with Crippen molar-refractivity contribution in [2.24, 2.45) is 0 Å². The number of benzene rings is 6. The maximum absolute atomic E-state index is 13.2. The van der Waals surface area contributed by atoms with Gasteiger partial charge in [-0.2, -0.15) is 0 Å². The first-order valence-corrected chi connectivity index (χ1v) is 16.2. The Morgan fingerprint density at radius 3 is 1.00 bits per heavy atom. The van der Waals surface area contributed by atoms with Gasteiger partial charge in [0.15, 0.2) is 0 Å². The number of fused-ring (bicyclic) bond motifs is 4. The SMILES string of the molecule is CCCCc1ccc(C2(O)c3cc4ccccc4cc3C(O)(c3ccc(CCCC)cc3)c3cc4ccccc4cc32)cc1. The molecule has 6 aromatic rings. The van der Waals surface area contributed by atoms with E-state index in [1.165, 1.54) is 11.1 Å². The topological polar surface area (TPSA) is 40.5 Å². The molecule has 0 fully saturated rings. The van der Waals surface area contributed by atoms with Crippen molar-refractivity contribution in [3.63, 3.8) is 0 Å². The zero-order valence-electron chi connectivity index (χ0n) is 25.7. The smallest absolute Gasteiger partial charge is 0.141 e. The Balaban J connectivity index is 1.54. The zero-order chi connectivity index (χ0) is 30.3. The van der Waals surface area contributed by atoms with Crippen LogP contribution in [-0.2, 0) is 24.0 Å². The number of aliphatic hydroxyl groups is 2. The van der Waals surface area contributed by atoms with Gasteiger partial charge in [0.2, 0.25) is 0 Å². The van der Waals surface area contributed by atoms with Crippen LogP contribution in [-0.4, -0.2) is 10.2 Å². The van der Waals surface area contributed by atoms with Gasteiger partial charge < -0.3 is 10.2 Å². The molecule has 220 valence electrons. The van der Waals surface area contributed by atoms with Gasteiger partial charge >= 0.3 is 0 Å². The molecule has 0 aliphatic heterocycles. The van der Waals surface area contributed by atoms with E-state index in [0.717, 1.165) is 93.5 Å². The minimum Gasteiger partial charge on any atom is -0.376 e. The summed E-state index contributed by atoms with van der Waals surface area (Å²) in [5, 5.41) is 30.6. The first-order chi connectivity index (χ1) is 21.5. The van der Waals surface area contributed by atoms with Crippen molar-refractivity contribution in [2.45, 2.75) is 63.6 Å². The van der Waals surface area contributed by atoms with E-state index < -0.39 is 11.2 Å². The Bertz CT molecular complexity index is 1720. The summed E-state index contributed by atoms with van der Waals surface area (Å²) in [5.41, 5.74) is 4.11. The minimum atomic E-state index is -1.46. The Kier molecular flexibility index (Phi) is 7.36. The predicted molar refractivity (Wildman–Crippen MR) is 182 cm³/mol. The molecular weight excluding hydrogens is 536 g/mol. The van der Waals surface area contributed by atoms with E-state index in [4.69, 9.17) is 0 Å². The highest BCUT2D eigenvalue weighted by molar-refractivity contribution is 5.90. The third-order valence-electron chi connectivity index (χ3n) is 9.71. The van der Waals surface area contributed by atoms with Crippen molar-refractivity contribution >= 4 is 21.5 Å². The quantitative estimate of drug-likeness (QED) is 0.189. The Labute approximate surface area is 260 Å². The molecule has 6 aromatic carbocycles. The molecule has 0 atom stereocenters. The second kappa shape index (κ2) is 11.4. The average molecular weight is 577 g/mol. The molecule has 0 saturated carbocycles. The van der Waals surface area contributed by atoms with Crippen LogP contribution in [0, 0.1) is 0 Å². The largest absolute Gasteiger partial charge is 0.376 e. The molecular formula is C42H40O2. The average Bonchev–Trinajstić information content (AvgIpc) is 3.08. The lowest BCUT2D eigenvalue weighted by Crippen LogP contribution is -2.44. The summed E-state index contributed by atoms with van der Waals surface area (Å²) in [7, 11) is 0. The van der Waals surface area contributed by atoms with Crippen molar-refractivity contribution in [1.82, 2.24) is 0 Å². The van der Waals surface area contributed by atoms with Crippen molar-refractivity contribution in [1.29, 1.82) is 0 Å². The Hall–Kier alpha value is -4.24. The van der Waals surface area contributed by atoms with Gasteiger partial charge in [0.1, 0.15) is 11.2 Å². The minimum absolute atomic E-state index is 0.720. The summed E-state index contributed by atoms with van der Waals surface area (Å²) in [5.74, 6) is 0. The molecule has 0 heterocycles. The molecule has 0 spiro atoms. The highest BCUT2D eigenvalue weighted by Gasteiger charge is 2.51. The van der Waals surface area contributed by atoms with E-state index in [2.05, 4.69) is 111 Å². The number of hydrogen-bond donors (Lipinski definition) is 2. The van der Waals surface area contributed by atoms with Crippen LogP contribution in [0.3, 0.4) is 0 Å². The van der Waals surface area contributed by atoms with Crippen molar-refractivity contribution in [3.05, 3.63) is 166 Å². The Morgan fingerprint density at radius 2 is 0.727 bits per heavy atom. The van der Waals surface area contributed by atoms with Crippen molar-refractivity contribution < 1.29 is 10.2 Å². The van der Waals surface area contributed by atoms with Crippen LogP contribution in [0.5, 0.6) is 0 Å². The molecule has 0 saturated heterocycles. The van der Waals surface area contributed by atoms with Gasteiger partial charge in [-0.1, -0.05) is 124 Å². The molecule has 0 bridgehead atoms. The van der Waals surface area contributed by atoms with Crippen LogP contribution in [0.15, 0.2) is 121 Å². The zero-order valence-corrected chi connectivity index (χ0v) is 25.7. The lowest BCUT2D eigenvalue weighted by Gasteiger charge is -2.45. The Morgan fingerprint density at radius 1 is 0.432 bits per heavy atom. The van der Waals surface area contributed by atoms with Crippen LogP contribution < -0.4 is 0 Å². The van der Waals surface area contributed by atoms with E-state index in [1.54, 1.807) is 0 Å². The monoisotopic (exact) mass is 576 g/mol. The van der Waals surface area contributed by atoms with Crippen molar-refractivity contribution in [3.8, 4) is 0 Å². The van der Waals surface area contributed by atoms with E-state index in [0.29, 0.717) is 0 Å². The number of rotatable bonds is 8. The maximum atomic E-state index is 13.2. The fraction of sp³-hybridized carbons (Fsp3) is 0.238. The second-order valence-electron chi connectivity index (χ2n) is 12.5. The molecule has 7 rings (SSSR count). The fourth-order valence-electron chi connectivity index (χ4n) is 7.18. The molecule has 2 N–H and O–H groups in total. The summed E-state index contributed by atoms with van der Waals surface area (Å²) in [6.07, 6.45) is 6.60. The van der Waals surface area contributed by atoms with E-state index >= 15 is 0 Å². The molecule has 0 aromatic heterocycles. The molecule has 2 heteroatoms. The lowest BCUT2D eigenvalue weighted by molar-refractivity contribution is 0.0752. The number of aryl methyl sites for hydroxylation is 2. The normalized spacial score (nSPS) is 19.2. The van der Waals surface area contributed by atoms with Crippen LogP contribution >= 0.6 is 0 Å². The predicted octanol–water partition coefficient (Wildman–Crippen LogP) is 9.56. The summed E-state index contributed by atoms with van der Waals surface area (Å²) in [6, 6.07) is 41.8. The molecule has 44 heavy (non-hydrogen) atoms. The third kappa shape index (κ3) is 4.56. The summed E-state index contributed by atoms with van der Waals surface area (Å²) in [4.78, 5) is 0. The van der Waals surface area contributed by atoms with E-state index in [-0.39, 0.29) is 0 Å². The van der Waals surface area contributed by atoms with Gasteiger partial charge in [0, 0.05) is 22.3 Å². The van der Waals surface area contributed by atoms with Crippen LogP contribution in [0.4, 0.5) is 0 Å². The van der Waals surface area contributed by atoms with Gasteiger partial charge in [0.25, 0.3) is 0 Å². The third-order valence-corrected chi connectivity index (χ3v) is 9.71. The molecule has 0 unspecified atom stereocenters. The van der Waals surface area contributed by atoms with Crippen molar-refractivity contribution in [2.75, 3.05) is 0 Å². The van der Waals surface area contributed by atoms with Crippen LogP contribution in [0.25, 0.3) is 21.5 Å². The van der Waals surface area contributed by atoms with E-state index in [9.17, 15) is 10.2 Å². The highest BCUT2D eigenvalue weighted by Crippen LogP contribution is 2.54. The fourth-order valence-corrected chi connectivity index (χ4v) is 7.18. The molecule has 1 aliphatic rings. The number of unbranched alkanes of at least 4 members (excludes halogenated alkanes) is 2. The van der Waals surface area contributed by atoms with Gasteiger partial charge in [-0.15, -0.1) is 0 Å². The van der Waals surface area contributed by atoms with E-state index in [1.807, 2.05) is 24.3 Å². The van der Waals surface area contributed by atoms with Gasteiger partial charge in [-0.3, -0.25) is 0 Å². The van der Waals surface area contributed by atoms with Crippen LogP contribution in [0.1, 0.15) is 84.0 Å². The lowest BCUT2D eigenvalue weighted by atomic mass is 9.62. The maximum Gasteiger partial charge on any atom is 0.141 e. The van der Waals surface area contributed by atoms with Gasteiger partial charge in [-0.05, 0) is 93.7 Å². The first kappa shape index (κ1) is 28.5. The second-order valence-corrected chi connectivity index (χ2v) is 12.5. The summed E-state index contributed by atoms with van der Waals surface area (Å²) < 4.78 is 0.